The largest absolute Gasteiger partial charge is 0.468 e. The summed E-state index contributed by atoms with van der Waals surface area (Å²) in [6.45, 7) is 6.69. The number of ether oxygens (including phenoxy) is 1. The van der Waals surface area contributed by atoms with Crippen molar-refractivity contribution in [3.05, 3.63) is 52.9 Å². The number of hydrogen-bond acceptors (Lipinski definition) is 5. The minimum atomic E-state index is -0.711. The molecular formula is C21H26N2O4. The third-order valence-corrected chi connectivity index (χ3v) is 5.43. The minimum absolute atomic E-state index is 0.0772. The van der Waals surface area contributed by atoms with Gasteiger partial charge in [-0.25, -0.2) is 0 Å². The molecule has 0 aliphatic carbocycles. The molecule has 1 aliphatic rings. The summed E-state index contributed by atoms with van der Waals surface area (Å²) in [7, 11) is 1.42. The Labute approximate surface area is 159 Å². The van der Waals surface area contributed by atoms with E-state index in [1.807, 2.05) is 44.2 Å². The Morgan fingerprint density at radius 2 is 1.81 bits per heavy atom. The first kappa shape index (κ1) is 19.1. The Bertz CT molecular complexity index is 818. The van der Waals surface area contributed by atoms with Crippen molar-refractivity contribution in [2.75, 3.05) is 20.2 Å². The zero-order valence-electron chi connectivity index (χ0n) is 16.3. The fourth-order valence-electron chi connectivity index (χ4n) is 3.85. The zero-order valence-corrected chi connectivity index (χ0v) is 16.3. The van der Waals surface area contributed by atoms with E-state index in [9.17, 15) is 9.59 Å². The van der Waals surface area contributed by atoms with E-state index in [2.05, 4.69) is 5.16 Å². The number of nitrogens with zero attached hydrogens (tertiary/aromatic N) is 2. The predicted octanol–water partition coefficient (Wildman–Crippen LogP) is 3.45. The molecule has 2 aromatic rings. The second kappa shape index (κ2) is 7.55. The van der Waals surface area contributed by atoms with Crippen LogP contribution in [-0.2, 0) is 14.9 Å². The highest BCUT2D eigenvalue weighted by molar-refractivity contribution is 5.96. The smallest absolute Gasteiger partial charge is 0.316 e. The van der Waals surface area contributed by atoms with E-state index in [0.717, 1.165) is 5.56 Å². The Balaban J connectivity index is 1.84. The van der Waals surface area contributed by atoms with Gasteiger partial charge in [0, 0.05) is 19.0 Å². The van der Waals surface area contributed by atoms with E-state index in [1.165, 1.54) is 7.11 Å². The van der Waals surface area contributed by atoms with Crippen molar-refractivity contribution >= 4 is 11.9 Å². The summed E-state index contributed by atoms with van der Waals surface area (Å²) in [4.78, 5) is 27.5. The molecule has 1 fully saturated rings. The number of aryl methyl sites for hydroxylation is 1. The van der Waals surface area contributed by atoms with E-state index >= 15 is 0 Å². The van der Waals surface area contributed by atoms with Gasteiger partial charge >= 0.3 is 5.97 Å². The van der Waals surface area contributed by atoms with Crippen LogP contribution >= 0.6 is 0 Å². The molecule has 0 atom stereocenters. The molecule has 0 N–H and O–H groups in total. The van der Waals surface area contributed by atoms with Crippen LogP contribution in [0.25, 0.3) is 0 Å². The third-order valence-electron chi connectivity index (χ3n) is 5.43. The molecule has 0 radical (unpaired) electrons. The number of rotatable bonds is 4. The number of hydrogen-bond donors (Lipinski definition) is 0. The normalized spacial score (nSPS) is 16.4. The van der Waals surface area contributed by atoms with Gasteiger partial charge in [-0.1, -0.05) is 49.3 Å². The van der Waals surface area contributed by atoms with Gasteiger partial charge in [0.15, 0.2) is 5.76 Å². The van der Waals surface area contributed by atoms with Crippen LogP contribution in [0.5, 0.6) is 0 Å². The van der Waals surface area contributed by atoms with Crippen LogP contribution in [0, 0.1) is 6.92 Å². The number of carbonyl (C=O) groups is 2. The Morgan fingerprint density at radius 1 is 1.19 bits per heavy atom. The van der Waals surface area contributed by atoms with Crippen LogP contribution in [0.1, 0.15) is 60.0 Å². The predicted molar refractivity (Wildman–Crippen MR) is 101 cm³/mol. The second-order valence-corrected chi connectivity index (χ2v) is 7.39. The third kappa shape index (κ3) is 3.36. The highest BCUT2D eigenvalue weighted by Gasteiger charge is 2.45. The van der Waals surface area contributed by atoms with E-state index < -0.39 is 5.41 Å². The molecule has 3 rings (SSSR count). The number of methoxy groups -OCH3 is 1. The lowest BCUT2D eigenvalue weighted by Crippen LogP contribution is -2.49. The average molecular weight is 370 g/mol. The van der Waals surface area contributed by atoms with Crippen LogP contribution in [0.4, 0.5) is 0 Å². The lowest BCUT2D eigenvalue weighted by atomic mass is 9.72. The van der Waals surface area contributed by atoms with Crippen LogP contribution in [0.2, 0.25) is 0 Å². The molecule has 6 heteroatoms. The van der Waals surface area contributed by atoms with Gasteiger partial charge in [0.1, 0.15) is 5.56 Å². The van der Waals surface area contributed by atoms with Gasteiger partial charge in [0.25, 0.3) is 5.91 Å². The molecule has 6 nitrogen and oxygen atoms in total. The number of piperidine rings is 1. The highest BCUT2D eigenvalue weighted by atomic mass is 16.5. The summed E-state index contributed by atoms with van der Waals surface area (Å²) in [6.07, 6.45) is 1.05. The number of esters is 1. The first-order valence-corrected chi connectivity index (χ1v) is 9.30. The summed E-state index contributed by atoms with van der Waals surface area (Å²) in [6, 6.07) is 9.68. The monoisotopic (exact) mass is 370 g/mol. The van der Waals surface area contributed by atoms with Gasteiger partial charge in [-0.15, -0.1) is 0 Å². The molecule has 0 spiro atoms. The van der Waals surface area contributed by atoms with Gasteiger partial charge in [-0.2, -0.15) is 0 Å². The summed E-state index contributed by atoms with van der Waals surface area (Å²) in [5, 5.41) is 3.97. The van der Waals surface area contributed by atoms with Crippen molar-refractivity contribution in [3.8, 4) is 0 Å². The SMILES string of the molecule is COC(=O)C1(c2ccccc2)CCN(C(=O)c2c(C)noc2C(C)C)CC1. The van der Waals surface area contributed by atoms with Gasteiger partial charge in [-0.3, -0.25) is 9.59 Å². The number of aromatic nitrogens is 1. The first-order chi connectivity index (χ1) is 12.9. The molecular weight excluding hydrogens is 344 g/mol. The van der Waals surface area contributed by atoms with Gasteiger partial charge in [0.2, 0.25) is 0 Å². The molecule has 27 heavy (non-hydrogen) atoms. The summed E-state index contributed by atoms with van der Waals surface area (Å²) in [5.74, 6) is 0.368. The second-order valence-electron chi connectivity index (χ2n) is 7.39. The molecule has 0 bridgehead atoms. The Morgan fingerprint density at radius 3 is 2.37 bits per heavy atom. The van der Waals surface area contributed by atoms with Crippen LogP contribution in [-0.4, -0.2) is 42.1 Å². The summed E-state index contributed by atoms with van der Waals surface area (Å²) in [5.41, 5.74) is 1.39. The first-order valence-electron chi connectivity index (χ1n) is 9.30. The maximum absolute atomic E-state index is 13.1. The van der Waals surface area contributed by atoms with Crippen molar-refractivity contribution in [2.24, 2.45) is 0 Å². The number of carbonyl (C=O) groups excluding carboxylic acids is 2. The fraction of sp³-hybridized carbons (Fsp3) is 0.476. The molecule has 0 saturated carbocycles. The molecule has 0 unspecified atom stereocenters. The van der Waals surface area contributed by atoms with Gasteiger partial charge < -0.3 is 14.2 Å². The van der Waals surface area contributed by atoms with Crippen LogP contribution in [0.15, 0.2) is 34.9 Å². The zero-order chi connectivity index (χ0) is 19.6. The highest BCUT2D eigenvalue weighted by Crippen LogP contribution is 2.37. The van der Waals surface area contributed by atoms with Crippen molar-refractivity contribution in [2.45, 2.75) is 44.9 Å². The molecule has 2 heterocycles. The summed E-state index contributed by atoms with van der Waals surface area (Å²) >= 11 is 0. The molecule has 1 aromatic heterocycles. The molecule has 144 valence electrons. The molecule has 1 aliphatic heterocycles. The molecule has 1 saturated heterocycles. The van der Waals surface area contributed by atoms with Crippen LogP contribution < -0.4 is 0 Å². The lowest BCUT2D eigenvalue weighted by Gasteiger charge is -2.40. The van der Waals surface area contributed by atoms with Crippen LogP contribution in [0.3, 0.4) is 0 Å². The average Bonchev–Trinajstić information content (AvgIpc) is 3.09. The van der Waals surface area contributed by atoms with E-state index in [0.29, 0.717) is 42.9 Å². The topological polar surface area (TPSA) is 72.6 Å². The number of benzene rings is 1. The van der Waals surface area contributed by atoms with E-state index in [4.69, 9.17) is 9.26 Å². The lowest BCUT2D eigenvalue weighted by molar-refractivity contribution is -0.149. The van der Waals surface area contributed by atoms with E-state index in [-0.39, 0.29) is 17.8 Å². The standard InChI is InChI=1S/C21H26N2O4/c1-14(2)18-17(15(3)22-27-18)19(24)23-12-10-21(11-13-23,20(25)26-4)16-8-6-5-7-9-16/h5-9,14H,10-13H2,1-4H3. The quantitative estimate of drug-likeness (QED) is 0.771. The Kier molecular flexibility index (Phi) is 5.35. The Hall–Kier alpha value is -2.63. The van der Waals surface area contributed by atoms with Crippen molar-refractivity contribution in [1.82, 2.24) is 10.1 Å². The number of likely N-dealkylation sites (tertiary alicyclic amines) is 1. The molecule has 1 aromatic carbocycles. The van der Waals surface area contributed by atoms with Crippen molar-refractivity contribution in [1.29, 1.82) is 0 Å². The van der Waals surface area contributed by atoms with Gasteiger partial charge in [0.05, 0.1) is 18.2 Å². The van der Waals surface area contributed by atoms with Crippen molar-refractivity contribution < 1.29 is 18.8 Å². The fourth-order valence-corrected chi connectivity index (χ4v) is 3.85. The maximum atomic E-state index is 13.1. The minimum Gasteiger partial charge on any atom is -0.468 e. The van der Waals surface area contributed by atoms with Gasteiger partial charge in [-0.05, 0) is 25.3 Å². The number of amides is 1. The summed E-state index contributed by atoms with van der Waals surface area (Å²) < 4.78 is 10.5. The maximum Gasteiger partial charge on any atom is 0.316 e. The van der Waals surface area contributed by atoms with E-state index in [1.54, 1.807) is 11.8 Å². The molecule has 1 amide bonds. The van der Waals surface area contributed by atoms with Crippen molar-refractivity contribution in [3.63, 3.8) is 0 Å².